The number of para-hydroxylation sites is 1. The highest BCUT2D eigenvalue weighted by molar-refractivity contribution is 6.07. The molecular formula is C20H15N5O. The molecule has 6 heteroatoms. The number of aromatic nitrogens is 2. The molecule has 0 saturated heterocycles. The fraction of sp³-hybridized carbons (Fsp3) is 0.100. The standard InChI is InChI=1S/C20H15N5O/c21-11-14-5-7-17(8-6-14)24-20-22-12-16(13-23-20)19(26)25-10-9-15-3-1-2-4-18(15)25/h1-8,12-13H,9-10H2,(H,22,23,24). The van der Waals surface area contributed by atoms with Gasteiger partial charge in [0.15, 0.2) is 0 Å². The minimum Gasteiger partial charge on any atom is -0.324 e. The molecule has 0 unspecified atom stereocenters. The van der Waals surface area contributed by atoms with E-state index >= 15 is 0 Å². The van der Waals surface area contributed by atoms with Gasteiger partial charge in [0.1, 0.15) is 0 Å². The van der Waals surface area contributed by atoms with E-state index in [1.165, 1.54) is 18.0 Å². The number of carbonyl (C=O) groups is 1. The Kier molecular flexibility index (Phi) is 4.04. The first-order valence-corrected chi connectivity index (χ1v) is 8.23. The van der Waals surface area contributed by atoms with Gasteiger partial charge in [0.2, 0.25) is 5.95 Å². The van der Waals surface area contributed by atoms with Crippen LogP contribution in [0.1, 0.15) is 21.5 Å². The topological polar surface area (TPSA) is 81.9 Å². The molecule has 0 bridgehead atoms. The third kappa shape index (κ3) is 2.98. The number of nitriles is 1. The minimum absolute atomic E-state index is 0.0973. The summed E-state index contributed by atoms with van der Waals surface area (Å²) in [6, 6.07) is 17.0. The molecule has 4 rings (SSSR count). The van der Waals surface area contributed by atoms with Gasteiger partial charge < -0.3 is 10.2 Å². The number of hydrogen-bond donors (Lipinski definition) is 1. The summed E-state index contributed by atoms with van der Waals surface area (Å²) < 4.78 is 0. The maximum atomic E-state index is 12.7. The van der Waals surface area contributed by atoms with Gasteiger partial charge >= 0.3 is 0 Å². The maximum Gasteiger partial charge on any atom is 0.261 e. The van der Waals surface area contributed by atoms with Crippen LogP contribution in [0.4, 0.5) is 17.3 Å². The Morgan fingerprint density at radius 1 is 1.08 bits per heavy atom. The molecule has 2 heterocycles. The monoisotopic (exact) mass is 341 g/mol. The zero-order valence-electron chi connectivity index (χ0n) is 13.9. The van der Waals surface area contributed by atoms with Crippen molar-refractivity contribution in [3.05, 3.63) is 77.6 Å². The van der Waals surface area contributed by atoms with E-state index in [0.29, 0.717) is 23.6 Å². The van der Waals surface area contributed by atoms with Crippen LogP contribution in [-0.4, -0.2) is 22.4 Å². The Morgan fingerprint density at radius 3 is 2.54 bits per heavy atom. The first kappa shape index (κ1) is 15.8. The maximum absolute atomic E-state index is 12.7. The van der Waals surface area contributed by atoms with Gasteiger partial charge in [-0.05, 0) is 42.3 Å². The summed E-state index contributed by atoms with van der Waals surface area (Å²) in [5.41, 5.74) is 3.95. The molecule has 26 heavy (non-hydrogen) atoms. The molecule has 1 aliphatic heterocycles. The van der Waals surface area contributed by atoms with Gasteiger partial charge in [-0.2, -0.15) is 5.26 Å². The highest BCUT2D eigenvalue weighted by Crippen LogP contribution is 2.28. The largest absolute Gasteiger partial charge is 0.324 e. The van der Waals surface area contributed by atoms with Gasteiger partial charge in [0.25, 0.3) is 5.91 Å². The van der Waals surface area contributed by atoms with Gasteiger partial charge in [-0.3, -0.25) is 4.79 Å². The molecule has 0 fully saturated rings. The van der Waals surface area contributed by atoms with Gasteiger partial charge in [0, 0.05) is 30.3 Å². The van der Waals surface area contributed by atoms with E-state index in [9.17, 15) is 4.79 Å². The van der Waals surface area contributed by atoms with E-state index in [1.54, 1.807) is 29.2 Å². The second-order valence-corrected chi connectivity index (χ2v) is 5.95. The average molecular weight is 341 g/mol. The van der Waals surface area contributed by atoms with Crippen molar-refractivity contribution >= 4 is 23.2 Å². The van der Waals surface area contributed by atoms with Crippen molar-refractivity contribution in [1.29, 1.82) is 5.26 Å². The molecule has 0 radical (unpaired) electrons. The van der Waals surface area contributed by atoms with E-state index in [1.807, 2.05) is 24.3 Å². The van der Waals surface area contributed by atoms with Gasteiger partial charge in [-0.15, -0.1) is 0 Å². The Hall–Kier alpha value is -3.72. The van der Waals surface area contributed by atoms with E-state index in [-0.39, 0.29) is 5.91 Å². The third-order valence-electron chi connectivity index (χ3n) is 4.30. The Morgan fingerprint density at radius 2 is 1.81 bits per heavy atom. The molecule has 6 nitrogen and oxygen atoms in total. The van der Waals surface area contributed by atoms with E-state index < -0.39 is 0 Å². The number of carbonyl (C=O) groups excluding carboxylic acids is 1. The van der Waals surface area contributed by atoms with Crippen LogP contribution in [0.25, 0.3) is 0 Å². The fourth-order valence-electron chi connectivity index (χ4n) is 2.97. The SMILES string of the molecule is N#Cc1ccc(Nc2ncc(C(=O)N3CCc4ccccc43)cn2)cc1. The first-order chi connectivity index (χ1) is 12.7. The van der Waals surface area contributed by atoms with Gasteiger partial charge in [0.05, 0.1) is 17.2 Å². The summed E-state index contributed by atoms with van der Waals surface area (Å²) in [5.74, 6) is 0.299. The Labute approximate surface area is 150 Å². The van der Waals surface area contributed by atoms with Crippen molar-refractivity contribution in [1.82, 2.24) is 9.97 Å². The number of nitrogens with one attached hydrogen (secondary N) is 1. The summed E-state index contributed by atoms with van der Waals surface area (Å²) in [6.45, 7) is 0.670. The molecule has 1 N–H and O–H groups in total. The summed E-state index contributed by atoms with van der Waals surface area (Å²) >= 11 is 0. The van der Waals surface area contributed by atoms with Crippen molar-refractivity contribution in [2.24, 2.45) is 0 Å². The number of benzene rings is 2. The summed E-state index contributed by atoms with van der Waals surface area (Å²) in [6.07, 6.45) is 3.92. The lowest BCUT2D eigenvalue weighted by Gasteiger charge is -2.17. The third-order valence-corrected chi connectivity index (χ3v) is 4.30. The molecule has 3 aromatic rings. The van der Waals surface area contributed by atoms with Crippen LogP contribution in [0.2, 0.25) is 0 Å². The Balaban J connectivity index is 1.49. The molecule has 126 valence electrons. The van der Waals surface area contributed by atoms with E-state index in [4.69, 9.17) is 5.26 Å². The van der Waals surface area contributed by atoms with Crippen LogP contribution < -0.4 is 10.2 Å². The molecule has 1 amide bonds. The van der Waals surface area contributed by atoms with Crippen molar-refractivity contribution < 1.29 is 4.79 Å². The van der Waals surface area contributed by atoms with Crippen molar-refractivity contribution in [2.75, 3.05) is 16.8 Å². The summed E-state index contributed by atoms with van der Waals surface area (Å²) in [4.78, 5) is 23.0. The smallest absolute Gasteiger partial charge is 0.261 e. The first-order valence-electron chi connectivity index (χ1n) is 8.23. The van der Waals surface area contributed by atoms with E-state index in [0.717, 1.165) is 17.8 Å². The Bertz CT molecular complexity index is 990. The normalized spacial score (nSPS) is 12.3. The van der Waals surface area contributed by atoms with Crippen LogP contribution in [0.5, 0.6) is 0 Å². The van der Waals surface area contributed by atoms with Gasteiger partial charge in [-0.25, -0.2) is 9.97 Å². The second kappa shape index (κ2) is 6.65. The number of hydrogen-bond acceptors (Lipinski definition) is 5. The molecule has 0 atom stereocenters. The minimum atomic E-state index is -0.0973. The second-order valence-electron chi connectivity index (χ2n) is 5.95. The lowest BCUT2D eigenvalue weighted by atomic mass is 10.2. The van der Waals surface area contributed by atoms with E-state index in [2.05, 4.69) is 21.4 Å². The molecule has 1 aromatic heterocycles. The van der Waals surface area contributed by atoms with Crippen LogP contribution in [0, 0.1) is 11.3 Å². The van der Waals surface area contributed by atoms with Crippen molar-refractivity contribution in [2.45, 2.75) is 6.42 Å². The summed E-state index contributed by atoms with van der Waals surface area (Å²) in [7, 11) is 0. The highest BCUT2D eigenvalue weighted by Gasteiger charge is 2.25. The molecule has 1 aliphatic rings. The predicted molar refractivity (Wildman–Crippen MR) is 98.3 cm³/mol. The number of anilines is 3. The average Bonchev–Trinajstić information content (AvgIpc) is 3.13. The lowest BCUT2D eigenvalue weighted by Crippen LogP contribution is -2.29. The fourth-order valence-corrected chi connectivity index (χ4v) is 2.97. The number of rotatable bonds is 3. The number of fused-ring (bicyclic) bond motifs is 1. The predicted octanol–water partition coefficient (Wildman–Crippen LogP) is 3.29. The van der Waals surface area contributed by atoms with Crippen molar-refractivity contribution in [3.63, 3.8) is 0 Å². The van der Waals surface area contributed by atoms with Gasteiger partial charge in [-0.1, -0.05) is 18.2 Å². The highest BCUT2D eigenvalue weighted by atomic mass is 16.2. The molecule has 2 aromatic carbocycles. The number of amides is 1. The van der Waals surface area contributed by atoms with Crippen LogP contribution >= 0.6 is 0 Å². The molecular weight excluding hydrogens is 326 g/mol. The quantitative estimate of drug-likeness (QED) is 0.790. The zero-order chi connectivity index (χ0) is 17.9. The van der Waals surface area contributed by atoms with Crippen LogP contribution in [0.3, 0.4) is 0 Å². The molecule has 0 spiro atoms. The zero-order valence-corrected chi connectivity index (χ0v) is 13.9. The van der Waals surface area contributed by atoms with Crippen molar-refractivity contribution in [3.8, 4) is 6.07 Å². The molecule has 0 aliphatic carbocycles. The lowest BCUT2D eigenvalue weighted by molar-refractivity contribution is 0.0988. The summed E-state index contributed by atoms with van der Waals surface area (Å²) in [5, 5.41) is 11.9. The molecule has 0 saturated carbocycles. The number of nitrogens with zero attached hydrogens (tertiary/aromatic N) is 4. The van der Waals surface area contributed by atoms with Crippen LogP contribution in [0.15, 0.2) is 60.9 Å². The van der Waals surface area contributed by atoms with Crippen LogP contribution in [-0.2, 0) is 6.42 Å².